The number of terminal acetylenes is 1. The average molecular weight is 480 g/mol. The van der Waals surface area contributed by atoms with Crippen molar-refractivity contribution in [2.75, 3.05) is 31.9 Å². The van der Waals surface area contributed by atoms with E-state index in [1.807, 2.05) is 4.90 Å². The van der Waals surface area contributed by atoms with Crippen LogP contribution in [0, 0.1) is 31.2 Å². The number of anilines is 1. The Kier molecular flexibility index (Phi) is 10.4. The number of nitrogens with one attached hydrogen (secondary N) is 1. The van der Waals surface area contributed by atoms with Gasteiger partial charge in [0.25, 0.3) is 0 Å². The zero-order chi connectivity index (χ0) is 25.8. The third-order valence-corrected chi connectivity index (χ3v) is 5.79. The highest BCUT2D eigenvalue weighted by Gasteiger charge is 2.23. The van der Waals surface area contributed by atoms with Gasteiger partial charge in [-0.25, -0.2) is 4.99 Å². The molecule has 2 aliphatic heterocycles. The number of carbonyl (C=O) groups excluding carboxylic acids is 2. The highest BCUT2D eigenvalue weighted by atomic mass is 16.3. The summed E-state index contributed by atoms with van der Waals surface area (Å²) in [5, 5.41) is 11.4. The summed E-state index contributed by atoms with van der Waals surface area (Å²) < 4.78 is 5.43. The maximum atomic E-state index is 11.9. The molecule has 2 saturated heterocycles. The van der Waals surface area contributed by atoms with E-state index in [1.54, 1.807) is 36.2 Å². The van der Waals surface area contributed by atoms with E-state index >= 15 is 0 Å². The average Bonchev–Trinajstić information content (AvgIpc) is 3.43. The zero-order valence-electron chi connectivity index (χ0n) is 20.1. The van der Waals surface area contributed by atoms with Crippen LogP contribution in [-0.4, -0.2) is 53.8 Å². The zero-order valence-corrected chi connectivity index (χ0v) is 20.1. The van der Waals surface area contributed by atoms with Crippen LogP contribution in [-0.2, 0) is 9.59 Å². The van der Waals surface area contributed by atoms with E-state index in [2.05, 4.69) is 23.2 Å². The number of carbonyl (C=O) groups is 2. The number of aliphatic imine (C=N–C) groups is 1. The van der Waals surface area contributed by atoms with Gasteiger partial charge in [0.15, 0.2) is 6.19 Å². The van der Waals surface area contributed by atoms with Gasteiger partial charge in [-0.1, -0.05) is 6.42 Å². The quantitative estimate of drug-likeness (QED) is 0.201. The number of nitriles is 1. The lowest BCUT2D eigenvalue weighted by Crippen LogP contribution is -2.41. The van der Waals surface area contributed by atoms with Crippen LogP contribution in [0.3, 0.4) is 0 Å². The van der Waals surface area contributed by atoms with Crippen molar-refractivity contribution in [3.05, 3.63) is 24.0 Å². The number of rotatable bonds is 3. The van der Waals surface area contributed by atoms with Crippen molar-refractivity contribution in [1.29, 1.82) is 5.26 Å². The number of hydrogen-bond acceptors (Lipinski definition) is 6. The van der Waals surface area contributed by atoms with Gasteiger partial charge in [-0.15, -0.1) is 12.8 Å². The summed E-state index contributed by atoms with van der Waals surface area (Å²) in [5.41, 5.74) is 13.2. The van der Waals surface area contributed by atoms with E-state index in [4.69, 9.17) is 21.1 Å². The van der Waals surface area contributed by atoms with Crippen molar-refractivity contribution in [2.45, 2.75) is 45.4 Å². The van der Waals surface area contributed by atoms with Gasteiger partial charge >= 0.3 is 0 Å². The Morgan fingerprint density at radius 2 is 1.89 bits per heavy atom. The molecule has 1 aromatic carbocycles. The van der Waals surface area contributed by atoms with Gasteiger partial charge in [0, 0.05) is 31.4 Å². The fraction of sp³-hybridized carbons (Fsp3) is 0.440. The molecule has 186 valence electrons. The molecule has 2 aliphatic rings. The molecule has 0 unspecified atom stereocenters. The number of benzene rings is 1. The Bertz CT molecular complexity index is 1110. The van der Waals surface area contributed by atoms with Crippen LogP contribution >= 0.6 is 0 Å². The molecule has 4 rings (SSSR count). The fourth-order valence-corrected chi connectivity index (χ4v) is 3.96. The Hall–Kier alpha value is -4.18. The molecule has 3 heterocycles. The molecule has 5 N–H and O–H groups in total. The lowest BCUT2D eigenvalue weighted by molar-refractivity contribution is -0.139. The Labute approximate surface area is 205 Å². The lowest BCUT2D eigenvalue weighted by Gasteiger charge is -2.23. The maximum Gasteiger partial charge on any atom is 0.242 e. The number of likely N-dealkylation sites (tertiary alicyclic amines) is 2. The Morgan fingerprint density at radius 3 is 2.57 bits per heavy atom. The largest absolute Gasteiger partial charge is 0.459 e. The first kappa shape index (κ1) is 27.1. The molecule has 35 heavy (non-hydrogen) atoms. The number of guanidine groups is 1. The van der Waals surface area contributed by atoms with Crippen molar-refractivity contribution in [3.63, 3.8) is 0 Å². The third-order valence-electron chi connectivity index (χ3n) is 5.79. The second-order valence-electron chi connectivity index (χ2n) is 8.20. The van der Waals surface area contributed by atoms with Crippen molar-refractivity contribution in [2.24, 2.45) is 10.7 Å². The topological polar surface area (TPSA) is 154 Å². The van der Waals surface area contributed by atoms with Crippen molar-refractivity contribution in [3.8, 4) is 19.0 Å². The van der Waals surface area contributed by atoms with Crippen LogP contribution in [0.1, 0.15) is 44.3 Å². The van der Waals surface area contributed by atoms with Crippen LogP contribution in [0.25, 0.3) is 11.0 Å². The number of fused-ring (bicyclic) bond motifs is 1. The summed E-state index contributed by atoms with van der Waals surface area (Å²) in [6, 6.07) is 5.25. The SMILES string of the molecule is C#C.Cc1oc2ccc(N=C(N)NC#N)cc2c1N.O=C(CN1CCCCCC1=O)N1CCCC1. The molecule has 0 radical (unpaired) electrons. The van der Waals surface area contributed by atoms with Crippen molar-refractivity contribution in [1.82, 2.24) is 15.1 Å². The molecule has 0 atom stereocenters. The van der Waals surface area contributed by atoms with E-state index in [1.165, 1.54) is 0 Å². The highest BCUT2D eigenvalue weighted by Crippen LogP contribution is 2.30. The van der Waals surface area contributed by atoms with Crippen molar-refractivity contribution < 1.29 is 14.0 Å². The fourth-order valence-electron chi connectivity index (χ4n) is 3.96. The predicted octanol–water partition coefficient (Wildman–Crippen LogP) is 2.60. The number of amides is 2. The molecule has 1 aromatic heterocycles. The molecule has 0 aliphatic carbocycles. The number of nitrogens with zero attached hydrogens (tertiary/aromatic N) is 4. The number of nitrogens with two attached hydrogens (primary N) is 2. The van der Waals surface area contributed by atoms with Gasteiger partial charge in [0.1, 0.15) is 11.3 Å². The Morgan fingerprint density at radius 1 is 1.20 bits per heavy atom. The van der Waals surface area contributed by atoms with Crippen LogP contribution in [0.2, 0.25) is 0 Å². The van der Waals surface area contributed by atoms with E-state index in [0.29, 0.717) is 35.7 Å². The summed E-state index contributed by atoms with van der Waals surface area (Å²) in [6.45, 7) is 4.61. The van der Waals surface area contributed by atoms with Gasteiger partial charge in [0.05, 0.1) is 17.9 Å². The molecule has 10 nitrogen and oxygen atoms in total. The molecular formula is C25H33N7O3. The molecule has 2 aromatic rings. The molecule has 0 saturated carbocycles. The monoisotopic (exact) mass is 479 g/mol. The first-order valence-electron chi connectivity index (χ1n) is 11.6. The number of hydrogen-bond donors (Lipinski definition) is 3. The molecule has 10 heteroatoms. The van der Waals surface area contributed by atoms with Crippen molar-refractivity contribution >= 4 is 40.1 Å². The first-order chi connectivity index (χ1) is 16.9. The molecule has 2 fully saturated rings. The molecular weight excluding hydrogens is 446 g/mol. The molecule has 2 amide bonds. The van der Waals surface area contributed by atoms with E-state index in [9.17, 15) is 9.59 Å². The molecule has 0 bridgehead atoms. The third kappa shape index (κ3) is 7.68. The van der Waals surface area contributed by atoms with Gasteiger partial charge < -0.3 is 25.7 Å². The normalized spacial score (nSPS) is 15.8. The summed E-state index contributed by atoms with van der Waals surface area (Å²) in [6.07, 6.45) is 15.7. The van der Waals surface area contributed by atoms with Crippen LogP contribution in [0.4, 0.5) is 11.4 Å². The first-order valence-corrected chi connectivity index (χ1v) is 11.6. The molecule has 0 spiro atoms. The van der Waals surface area contributed by atoms with E-state index in [-0.39, 0.29) is 17.8 Å². The number of furan rings is 1. The summed E-state index contributed by atoms with van der Waals surface area (Å²) in [4.78, 5) is 31.3. The van der Waals surface area contributed by atoms with E-state index in [0.717, 1.165) is 57.1 Å². The number of aryl methyl sites for hydroxylation is 1. The van der Waals surface area contributed by atoms with Gasteiger partial charge in [0.2, 0.25) is 17.8 Å². The lowest BCUT2D eigenvalue weighted by atomic mass is 10.2. The van der Waals surface area contributed by atoms with E-state index < -0.39 is 0 Å². The van der Waals surface area contributed by atoms with Crippen LogP contribution in [0.15, 0.2) is 27.6 Å². The van der Waals surface area contributed by atoms with Gasteiger partial charge in [-0.05, 0) is 50.8 Å². The van der Waals surface area contributed by atoms with Gasteiger partial charge in [-0.2, -0.15) is 5.26 Å². The minimum Gasteiger partial charge on any atom is -0.459 e. The highest BCUT2D eigenvalue weighted by molar-refractivity contribution is 5.94. The van der Waals surface area contributed by atoms with Crippen LogP contribution < -0.4 is 16.8 Å². The maximum absolute atomic E-state index is 11.9. The van der Waals surface area contributed by atoms with Crippen LogP contribution in [0.5, 0.6) is 0 Å². The predicted molar refractivity (Wildman–Crippen MR) is 136 cm³/mol. The number of nitrogen functional groups attached to an aromatic ring is 1. The smallest absolute Gasteiger partial charge is 0.242 e. The minimum absolute atomic E-state index is 0.0330. The Balaban J connectivity index is 0.000000231. The second-order valence-corrected chi connectivity index (χ2v) is 8.20. The summed E-state index contributed by atoms with van der Waals surface area (Å²) in [7, 11) is 0. The standard InChI is InChI=1S/C12H20N2O2.C11H11N5O.C2H2/c15-11-6-2-1-3-9-14(11)10-12(16)13-7-4-5-8-13;1-6-10(13)8-4-7(2-3-9(8)17-6)16-11(14)15-5-12;1-2/h1-10H2;2-4H,13H2,1H3,(H3,14,15,16);1-2H. The summed E-state index contributed by atoms with van der Waals surface area (Å²) >= 11 is 0. The second kappa shape index (κ2) is 13.5. The minimum atomic E-state index is 0.0330. The summed E-state index contributed by atoms with van der Waals surface area (Å²) in [5.74, 6) is 0.993. The van der Waals surface area contributed by atoms with Gasteiger partial charge in [-0.3, -0.25) is 14.9 Å².